The van der Waals surface area contributed by atoms with Crippen LogP contribution >= 0.6 is 0 Å². The first-order valence-corrected chi connectivity index (χ1v) is 6.63. The molecular formula is C20H25NO2. The second kappa shape index (κ2) is 18.9. The van der Waals surface area contributed by atoms with E-state index in [1.54, 1.807) is 18.2 Å². The van der Waals surface area contributed by atoms with Crippen molar-refractivity contribution in [2.45, 2.75) is 13.8 Å². The smallest absolute Gasteiger partial charge is 0.330 e. The monoisotopic (exact) mass is 311 g/mol. The summed E-state index contributed by atoms with van der Waals surface area (Å²) in [5, 5.41) is 15.4. The Hall–Kier alpha value is -3.12. The van der Waals surface area contributed by atoms with Crippen LogP contribution in [0, 0.1) is 18.3 Å². The lowest BCUT2D eigenvalue weighted by Crippen LogP contribution is -1.92. The third kappa shape index (κ3) is 21.3. The summed E-state index contributed by atoms with van der Waals surface area (Å²) in [5.74, 6) is -0.935. The van der Waals surface area contributed by atoms with Crippen molar-refractivity contribution < 1.29 is 9.90 Å². The van der Waals surface area contributed by atoms with Crippen molar-refractivity contribution in [3.63, 3.8) is 0 Å². The van der Waals surface area contributed by atoms with Gasteiger partial charge in [0.15, 0.2) is 0 Å². The lowest BCUT2D eigenvalue weighted by Gasteiger charge is -1.95. The topological polar surface area (TPSA) is 61.1 Å². The Bertz CT molecular complexity index is 545. The summed E-state index contributed by atoms with van der Waals surface area (Å²) >= 11 is 0. The lowest BCUT2D eigenvalue weighted by molar-refractivity contribution is -0.132. The Morgan fingerprint density at radius 1 is 1.17 bits per heavy atom. The molecule has 1 aromatic rings. The minimum atomic E-state index is -0.935. The number of benzene rings is 1. The van der Waals surface area contributed by atoms with Gasteiger partial charge in [0.05, 0.1) is 6.07 Å². The molecule has 0 amide bonds. The number of hydrogen-bond acceptors (Lipinski definition) is 2. The maximum absolute atomic E-state index is 9.60. The fourth-order valence-electron chi connectivity index (χ4n) is 0.816. The van der Waals surface area contributed by atoms with E-state index in [0.717, 1.165) is 0 Å². The number of allylic oxidation sites excluding steroid dienone is 3. The Morgan fingerprint density at radius 2 is 1.57 bits per heavy atom. The summed E-state index contributed by atoms with van der Waals surface area (Å²) in [6.07, 6.45) is 6.33. The molecule has 0 aliphatic heterocycles. The predicted octanol–water partition coefficient (Wildman–Crippen LogP) is 5.34. The van der Waals surface area contributed by atoms with E-state index in [0.29, 0.717) is 0 Å². The highest BCUT2D eigenvalue weighted by Crippen LogP contribution is 2.06. The molecule has 0 saturated heterocycles. The van der Waals surface area contributed by atoms with Crippen LogP contribution in [0.4, 0.5) is 0 Å². The van der Waals surface area contributed by atoms with Gasteiger partial charge in [-0.2, -0.15) is 5.26 Å². The van der Waals surface area contributed by atoms with Crippen LogP contribution in [0.15, 0.2) is 81.0 Å². The van der Waals surface area contributed by atoms with E-state index in [4.69, 9.17) is 10.4 Å². The Labute approximate surface area is 139 Å². The molecule has 0 unspecified atom stereocenters. The van der Waals surface area contributed by atoms with Crippen molar-refractivity contribution in [1.82, 2.24) is 0 Å². The number of nitriles is 1. The summed E-state index contributed by atoms with van der Waals surface area (Å²) in [4.78, 5) is 9.60. The van der Waals surface area contributed by atoms with Gasteiger partial charge >= 0.3 is 5.97 Å². The van der Waals surface area contributed by atoms with Gasteiger partial charge in [-0.3, -0.25) is 0 Å². The number of carboxylic acids is 1. The first-order chi connectivity index (χ1) is 10.8. The van der Waals surface area contributed by atoms with Crippen LogP contribution < -0.4 is 0 Å². The van der Waals surface area contributed by atoms with Gasteiger partial charge in [0, 0.05) is 11.6 Å². The predicted molar refractivity (Wildman–Crippen MR) is 99.9 cm³/mol. The van der Waals surface area contributed by atoms with Crippen molar-refractivity contribution in [3.8, 4) is 6.07 Å². The van der Waals surface area contributed by atoms with E-state index in [1.165, 1.54) is 24.1 Å². The van der Waals surface area contributed by atoms with Crippen molar-refractivity contribution >= 4 is 12.0 Å². The number of aryl methyl sites for hydroxylation is 1. The Balaban J connectivity index is -0.000000251. The van der Waals surface area contributed by atoms with Gasteiger partial charge in [0.25, 0.3) is 0 Å². The zero-order valence-corrected chi connectivity index (χ0v) is 14.0. The molecule has 1 N–H and O–H groups in total. The maximum Gasteiger partial charge on any atom is 0.330 e. The minimum absolute atomic E-state index is 0.176. The van der Waals surface area contributed by atoms with Crippen LogP contribution in [0.2, 0.25) is 0 Å². The minimum Gasteiger partial charge on any atom is -0.478 e. The molecule has 1 rings (SSSR count). The average Bonchev–Trinajstić information content (AvgIpc) is 2.56. The van der Waals surface area contributed by atoms with Crippen LogP contribution in [0.25, 0.3) is 6.08 Å². The largest absolute Gasteiger partial charge is 0.478 e. The molecule has 0 radical (unpaired) electrons. The normalized spacial score (nSPS) is 7.00. The Morgan fingerprint density at radius 3 is 1.74 bits per heavy atom. The van der Waals surface area contributed by atoms with Gasteiger partial charge in [-0.15, -0.1) is 0 Å². The number of rotatable bonds is 3. The molecule has 23 heavy (non-hydrogen) atoms. The van der Waals surface area contributed by atoms with Gasteiger partial charge in [-0.05, 0) is 25.0 Å². The third-order valence-electron chi connectivity index (χ3n) is 2.03. The highest BCUT2D eigenvalue weighted by molar-refractivity contribution is 5.84. The van der Waals surface area contributed by atoms with Crippen LogP contribution in [0.5, 0.6) is 0 Å². The van der Waals surface area contributed by atoms with Crippen molar-refractivity contribution in [1.29, 1.82) is 5.26 Å². The Kier molecular flexibility index (Phi) is 20.4. The van der Waals surface area contributed by atoms with Gasteiger partial charge in [-0.25, -0.2) is 4.79 Å². The summed E-state index contributed by atoms with van der Waals surface area (Å²) in [7, 11) is 0. The zero-order chi connectivity index (χ0) is 18.7. The maximum atomic E-state index is 9.60. The third-order valence-corrected chi connectivity index (χ3v) is 2.03. The second-order valence-corrected chi connectivity index (χ2v) is 3.95. The molecular weight excluding hydrogens is 286 g/mol. The molecule has 0 aromatic heterocycles. The molecule has 3 nitrogen and oxygen atoms in total. The van der Waals surface area contributed by atoms with E-state index in [-0.39, 0.29) is 5.57 Å². The summed E-state index contributed by atoms with van der Waals surface area (Å²) in [5.41, 5.74) is 2.68. The first-order valence-electron chi connectivity index (χ1n) is 6.63. The number of hydrogen-bond donors (Lipinski definition) is 1. The van der Waals surface area contributed by atoms with Crippen molar-refractivity contribution in [3.05, 3.63) is 92.1 Å². The molecule has 0 fully saturated rings. The number of nitrogens with zero attached hydrogens (tertiary/aromatic N) is 1. The van der Waals surface area contributed by atoms with Crippen molar-refractivity contribution in [2.75, 3.05) is 0 Å². The van der Waals surface area contributed by atoms with Crippen LogP contribution in [0.3, 0.4) is 0 Å². The molecule has 0 atom stereocenters. The van der Waals surface area contributed by atoms with E-state index in [9.17, 15) is 4.79 Å². The van der Waals surface area contributed by atoms with E-state index < -0.39 is 5.97 Å². The van der Waals surface area contributed by atoms with Crippen LogP contribution in [-0.4, -0.2) is 11.1 Å². The molecule has 0 spiro atoms. The molecule has 0 heterocycles. The molecule has 0 saturated carbocycles. The summed E-state index contributed by atoms with van der Waals surface area (Å²) in [6.45, 7) is 20.2. The van der Waals surface area contributed by atoms with Gasteiger partial charge in [0.2, 0.25) is 0 Å². The summed E-state index contributed by atoms with van der Waals surface area (Å²) in [6, 6.07) is 9.88. The molecule has 122 valence electrons. The highest BCUT2D eigenvalue weighted by atomic mass is 16.4. The zero-order valence-electron chi connectivity index (χ0n) is 14.0. The molecule has 1 aromatic carbocycles. The molecule has 0 bridgehead atoms. The number of carbonyl (C=O) groups is 1. The van der Waals surface area contributed by atoms with Gasteiger partial charge in [-0.1, -0.05) is 75.4 Å². The number of aliphatic carboxylic acids is 1. The molecule has 3 heteroatoms. The highest BCUT2D eigenvalue weighted by Gasteiger charge is 1.90. The summed E-state index contributed by atoms with van der Waals surface area (Å²) < 4.78 is 0. The SMILES string of the molecule is C=C(C)C(=O)O.C=CC#N.C=CC=C.C=Cc1ccccc1C. The van der Waals surface area contributed by atoms with E-state index in [2.05, 4.69) is 52.0 Å². The first kappa shape index (κ1) is 24.9. The van der Waals surface area contributed by atoms with E-state index >= 15 is 0 Å². The van der Waals surface area contributed by atoms with Crippen LogP contribution in [-0.2, 0) is 4.79 Å². The van der Waals surface area contributed by atoms with E-state index in [1.807, 2.05) is 18.2 Å². The molecule has 0 aliphatic rings. The molecule has 0 aliphatic carbocycles. The fraction of sp³-hybridized carbons (Fsp3) is 0.100. The number of carboxylic acid groups (broad SMARTS) is 1. The quantitative estimate of drug-likeness (QED) is 0.465. The van der Waals surface area contributed by atoms with Crippen LogP contribution in [0.1, 0.15) is 18.1 Å². The fourth-order valence-corrected chi connectivity index (χ4v) is 0.816. The second-order valence-electron chi connectivity index (χ2n) is 3.95. The van der Waals surface area contributed by atoms with Crippen molar-refractivity contribution in [2.24, 2.45) is 0 Å². The average molecular weight is 311 g/mol. The van der Waals surface area contributed by atoms with Gasteiger partial charge in [0.1, 0.15) is 0 Å². The lowest BCUT2D eigenvalue weighted by atomic mass is 10.1. The van der Waals surface area contributed by atoms with Gasteiger partial charge < -0.3 is 5.11 Å². The standard InChI is InChI=1S/C9H10.C4H6O2.C4H6.C3H3N/c1-3-9-7-5-4-6-8(9)2;1-3(2)4(5)6;1-3-4-2;1-2-3-4/h3-7H,1H2,2H3;1H2,2H3,(H,5,6);3-4H,1-2H2;2H,1H2.